The van der Waals surface area contributed by atoms with Crippen molar-refractivity contribution in [3.8, 4) is 11.5 Å². The molecule has 17 heavy (non-hydrogen) atoms. The molecule has 0 saturated heterocycles. The second-order valence-electron chi connectivity index (χ2n) is 4.67. The minimum absolute atomic E-state index is 0. The maximum atomic E-state index is 5.53. The summed E-state index contributed by atoms with van der Waals surface area (Å²) in [7, 11) is 0.538. The van der Waals surface area contributed by atoms with Gasteiger partial charge in [0, 0.05) is 11.5 Å². The van der Waals surface area contributed by atoms with Crippen molar-refractivity contribution in [1.82, 2.24) is 0 Å². The maximum Gasteiger partial charge on any atom is 1.00 e. The van der Waals surface area contributed by atoms with E-state index in [0.717, 1.165) is 11.5 Å². The Labute approximate surface area is 117 Å². The zero-order valence-corrected chi connectivity index (χ0v) is 12.4. The molecule has 0 heterocycles. The molecule has 0 fully saturated rings. The SMILES string of the molecule is COc1c[c-]c(OC/C=C/[Si](C)(C)C)cc1.[Li+]. The van der Waals surface area contributed by atoms with E-state index in [2.05, 4.69) is 37.5 Å². The van der Waals surface area contributed by atoms with Crippen LogP contribution in [-0.4, -0.2) is 21.8 Å². The molecule has 0 aliphatic rings. The molecule has 0 aliphatic heterocycles. The second kappa shape index (κ2) is 7.65. The Kier molecular flexibility index (Phi) is 7.37. The summed E-state index contributed by atoms with van der Waals surface area (Å²) in [5, 5.41) is 0. The molecule has 2 nitrogen and oxygen atoms in total. The average Bonchev–Trinajstić information content (AvgIpc) is 2.24. The molecular formula is C13H19LiO2Si. The van der Waals surface area contributed by atoms with Crippen LogP contribution in [0.15, 0.2) is 30.0 Å². The quantitative estimate of drug-likeness (QED) is 0.546. The number of ether oxygens (including phenoxy) is 2. The first kappa shape index (κ1) is 16.4. The zero-order valence-electron chi connectivity index (χ0n) is 11.4. The standard InChI is InChI=1S/C13H19O2Si.Li/c1-14-12-6-8-13(9-7-12)15-10-5-11-16(2,3)4;/h5-8,11H,10H2,1-4H3;/q-1;+1/b11-5+;. The minimum atomic E-state index is -1.10. The van der Waals surface area contributed by atoms with E-state index in [1.54, 1.807) is 13.2 Å². The van der Waals surface area contributed by atoms with Gasteiger partial charge in [-0.1, -0.05) is 31.4 Å². The van der Waals surface area contributed by atoms with Gasteiger partial charge in [0.15, 0.2) is 0 Å². The third-order valence-electron chi connectivity index (χ3n) is 1.94. The van der Waals surface area contributed by atoms with Gasteiger partial charge >= 0.3 is 18.9 Å². The van der Waals surface area contributed by atoms with Crippen molar-refractivity contribution in [2.24, 2.45) is 0 Å². The monoisotopic (exact) mass is 242 g/mol. The van der Waals surface area contributed by atoms with E-state index in [1.165, 1.54) is 0 Å². The maximum absolute atomic E-state index is 5.53. The van der Waals surface area contributed by atoms with Crippen LogP contribution in [-0.2, 0) is 0 Å². The summed E-state index contributed by atoms with van der Waals surface area (Å²) in [5.74, 6) is 1.55. The van der Waals surface area contributed by atoms with E-state index in [-0.39, 0.29) is 18.9 Å². The molecule has 1 rings (SSSR count). The molecule has 0 N–H and O–H groups in total. The largest absolute Gasteiger partial charge is 1.00 e. The average molecular weight is 242 g/mol. The third kappa shape index (κ3) is 7.33. The second-order valence-corrected chi connectivity index (χ2v) is 9.74. The van der Waals surface area contributed by atoms with Crippen LogP contribution < -0.4 is 28.3 Å². The van der Waals surface area contributed by atoms with E-state index in [4.69, 9.17) is 9.47 Å². The molecule has 0 bridgehead atoms. The Morgan fingerprint density at radius 3 is 2.47 bits per heavy atom. The number of hydrogen-bond donors (Lipinski definition) is 0. The zero-order chi connectivity index (χ0) is 12.0. The summed E-state index contributed by atoms with van der Waals surface area (Å²) >= 11 is 0. The topological polar surface area (TPSA) is 18.5 Å². The molecule has 0 atom stereocenters. The Bertz CT molecular complexity index is 341. The molecule has 1 aromatic carbocycles. The van der Waals surface area contributed by atoms with Crippen molar-refractivity contribution in [2.75, 3.05) is 13.7 Å². The van der Waals surface area contributed by atoms with Crippen LogP contribution in [0.25, 0.3) is 0 Å². The molecule has 0 unspecified atom stereocenters. The van der Waals surface area contributed by atoms with Gasteiger partial charge in [-0.15, -0.1) is 24.3 Å². The summed E-state index contributed by atoms with van der Waals surface area (Å²) in [4.78, 5) is 0. The molecule has 4 heteroatoms. The number of benzene rings is 1. The number of rotatable bonds is 5. The number of methoxy groups -OCH3 is 1. The van der Waals surface area contributed by atoms with Crippen molar-refractivity contribution >= 4 is 8.07 Å². The Hall–Kier alpha value is -0.626. The van der Waals surface area contributed by atoms with Gasteiger partial charge in [0.25, 0.3) is 0 Å². The summed E-state index contributed by atoms with van der Waals surface area (Å²) < 4.78 is 10.6. The Morgan fingerprint density at radius 2 is 2.00 bits per heavy atom. The van der Waals surface area contributed by atoms with Crippen LogP contribution in [0.3, 0.4) is 0 Å². The summed E-state index contributed by atoms with van der Waals surface area (Å²) in [6.07, 6.45) is 2.09. The molecule has 88 valence electrons. The predicted molar refractivity (Wildman–Crippen MR) is 69.8 cm³/mol. The fourth-order valence-electron chi connectivity index (χ4n) is 1.15. The van der Waals surface area contributed by atoms with E-state index < -0.39 is 8.07 Å². The van der Waals surface area contributed by atoms with Crippen molar-refractivity contribution in [3.63, 3.8) is 0 Å². The fraction of sp³-hybridized carbons (Fsp3) is 0.385. The van der Waals surface area contributed by atoms with Crippen molar-refractivity contribution in [2.45, 2.75) is 19.6 Å². The summed E-state index contributed by atoms with van der Waals surface area (Å²) in [6.45, 7) is 7.49. The van der Waals surface area contributed by atoms with Crippen molar-refractivity contribution < 1.29 is 28.3 Å². The first-order valence-electron chi connectivity index (χ1n) is 5.37. The van der Waals surface area contributed by atoms with Crippen molar-refractivity contribution in [1.29, 1.82) is 0 Å². The van der Waals surface area contributed by atoms with Crippen LogP contribution in [0, 0.1) is 6.07 Å². The van der Waals surface area contributed by atoms with Gasteiger partial charge in [-0.3, -0.25) is 0 Å². The van der Waals surface area contributed by atoms with Gasteiger partial charge in [-0.2, -0.15) is 0 Å². The molecule has 0 aliphatic carbocycles. The molecule has 0 amide bonds. The smallest absolute Gasteiger partial charge is 0.554 e. The van der Waals surface area contributed by atoms with Crippen LogP contribution in [0.2, 0.25) is 19.6 Å². The minimum Gasteiger partial charge on any atom is -0.554 e. The van der Waals surface area contributed by atoms with Crippen LogP contribution in [0.5, 0.6) is 11.5 Å². The molecule has 0 radical (unpaired) electrons. The number of hydrogen-bond acceptors (Lipinski definition) is 2. The van der Waals surface area contributed by atoms with Gasteiger partial charge in [0.2, 0.25) is 0 Å². The van der Waals surface area contributed by atoms with Crippen molar-refractivity contribution in [3.05, 3.63) is 36.0 Å². The van der Waals surface area contributed by atoms with Gasteiger partial charge in [0.05, 0.1) is 15.2 Å². The first-order valence-corrected chi connectivity index (χ1v) is 8.95. The molecule has 0 saturated carbocycles. The van der Waals surface area contributed by atoms with E-state index in [1.807, 2.05) is 12.1 Å². The predicted octanol–water partition coefficient (Wildman–Crippen LogP) is 0.312. The van der Waals surface area contributed by atoms with Gasteiger partial charge in [-0.25, -0.2) is 0 Å². The van der Waals surface area contributed by atoms with Crippen LogP contribution in [0.4, 0.5) is 0 Å². The van der Waals surface area contributed by atoms with Crippen LogP contribution in [0.1, 0.15) is 0 Å². The summed E-state index contributed by atoms with van der Waals surface area (Å²) in [6, 6.07) is 8.52. The Morgan fingerprint density at radius 1 is 1.29 bits per heavy atom. The molecular weight excluding hydrogens is 223 g/mol. The first-order chi connectivity index (χ1) is 7.51. The van der Waals surface area contributed by atoms with Gasteiger partial charge in [0.1, 0.15) is 6.61 Å². The van der Waals surface area contributed by atoms with Gasteiger partial charge < -0.3 is 9.47 Å². The van der Waals surface area contributed by atoms with Gasteiger partial charge in [-0.05, 0) is 0 Å². The molecule has 0 spiro atoms. The fourth-order valence-corrected chi connectivity index (χ4v) is 1.96. The normalized spacial score (nSPS) is 11.1. The summed E-state index contributed by atoms with van der Waals surface area (Å²) in [5.41, 5.74) is 2.27. The molecule has 0 aromatic heterocycles. The third-order valence-corrected chi connectivity index (χ3v) is 3.18. The van der Waals surface area contributed by atoms with E-state index in [9.17, 15) is 0 Å². The molecule has 1 aromatic rings. The van der Waals surface area contributed by atoms with Crippen LogP contribution >= 0.6 is 0 Å². The Balaban J connectivity index is 0.00000256. The van der Waals surface area contributed by atoms with E-state index >= 15 is 0 Å². The van der Waals surface area contributed by atoms with E-state index in [0.29, 0.717) is 6.61 Å².